The topological polar surface area (TPSA) is 50.4 Å². The van der Waals surface area contributed by atoms with Crippen LogP contribution < -0.4 is 15.4 Å². The first-order chi connectivity index (χ1) is 10.9. The van der Waals surface area contributed by atoms with Crippen LogP contribution in [0.3, 0.4) is 0 Å². The lowest BCUT2D eigenvalue weighted by Gasteiger charge is -2.28. The van der Waals surface area contributed by atoms with E-state index >= 15 is 0 Å². The van der Waals surface area contributed by atoms with Crippen molar-refractivity contribution in [3.05, 3.63) is 24.3 Å². The zero-order valence-corrected chi connectivity index (χ0v) is 15.6. The quantitative estimate of drug-likeness (QED) is 0.364. The molecule has 1 aromatic rings. The Balaban J connectivity index is 2.68. The lowest BCUT2D eigenvalue weighted by atomic mass is 10.1. The highest BCUT2D eigenvalue weighted by atomic mass is 35.6. The van der Waals surface area contributed by atoms with E-state index in [-0.39, 0.29) is 5.91 Å². The van der Waals surface area contributed by atoms with E-state index in [1.807, 2.05) is 12.1 Å². The van der Waals surface area contributed by atoms with Gasteiger partial charge in [-0.15, -0.1) is 0 Å². The van der Waals surface area contributed by atoms with Crippen molar-refractivity contribution in [2.45, 2.75) is 49.0 Å². The average molecular weight is 382 g/mol. The SMILES string of the molecule is CCCCCCC(=O)N[C@@H](Nc1ccccc1OC)C(Cl)(Cl)Cl. The molecule has 4 nitrogen and oxygen atoms in total. The molecular weight excluding hydrogens is 359 g/mol. The summed E-state index contributed by atoms with van der Waals surface area (Å²) in [5, 5.41) is 5.75. The van der Waals surface area contributed by atoms with Crippen LogP contribution in [0, 0.1) is 0 Å². The van der Waals surface area contributed by atoms with Gasteiger partial charge in [-0.2, -0.15) is 0 Å². The molecule has 1 amide bonds. The Morgan fingerprint density at radius 3 is 2.52 bits per heavy atom. The van der Waals surface area contributed by atoms with Crippen LogP contribution in [0.4, 0.5) is 5.69 Å². The minimum Gasteiger partial charge on any atom is -0.495 e. The number of hydrogen-bond acceptors (Lipinski definition) is 3. The van der Waals surface area contributed by atoms with Crippen LogP contribution in [0.2, 0.25) is 0 Å². The molecule has 0 aliphatic heterocycles. The molecule has 0 aliphatic carbocycles. The maximum atomic E-state index is 12.0. The van der Waals surface area contributed by atoms with Crippen LogP contribution in [0.25, 0.3) is 0 Å². The van der Waals surface area contributed by atoms with Gasteiger partial charge in [0.05, 0.1) is 12.8 Å². The van der Waals surface area contributed by atoms with Crippen LogP contribution >= 0.6 is 34.8 Å². The molecule has 7 heteroatoms. The number of ether oxygens (including phenoxy) is 1. The molecule has 1 aromatic carbocycles. The predicted molar refractivity (Wildman–Crippen MR) is 97.6 cm³/mol. The molecule has 0 radical (unpaired) electrons. The molecule has 1 atom stereocenters. The lowest BCUT2D eigenvalue weighted by molar-refractivity contribution is -0.121. The number of rotatable bonds is 9. The number of amides is 1. The standard InChI is InChI=1S/C16H23Cl3N2O2/c1-3-4-5-6-11-14(22)21-15(16(17,18)19)20-12-9-7-8-10-13(12)23-2/h7-10,15,20H,3-6,11H2,1-2H3,(H,21,22)/t15-/m1/s1. The van der Waals surface area contributed by atoms with E-state index < -0.39 is 9.96 Å². The van der Waals surface area contributed by atoms with E-state index in [9.17, 15) is 4.79 Å². The number of alkyl halides is 3. The van der Waals surface area contributed by atoms with Crippen molar-refractivity contribution in [2.24, 2.45) is 0 Å². The summed E-state index contributed by atoms with van der Waals surface area (Å²) >= 11 is 18.0. The van der Waals surface area contributed by atoms with Gasteiger partial charge >= 0.3 is 0 Å². The van der Waals surface area contributed by atoms with Crippen LogP contribution in [0.15, 0.2) is 24.3 Å². The monoisotopic (exact) mass is 380 g/mol. The Bertz CT molecular complexity index is 492. The van der Waals surface area contributed by atoms with Gasteiger partial charge in [0, 0.05) is 6.42 Å². The summed E-state index contributed by atoms with van der Waals surface area (Å²) in [6, 6.07) is 7.23. The molecular formula is C16H23Cl3N2O2. The number of unbranched alkanes of at least 4 members (excludes halogenated alkanes) is 3. The molecule has 0 heterocycles. The van der Waals surface area contributed by atoms with E-state index in [1.165, 1.54) is 0 Å². The highest BCUT2D eigenvalue weighted by Crippen LogP contribution is 2.33. The summed E-state index contributed by atoms with van der Waals surface area (Å²) < 4.78 is 3.56. The van der Waals surface area contributed by atoms with Crippen molar-refractivity contribution >= 4 is 46.4 Å². The molecule has 23 heavy (non-hydrogen) atoms. The summed E-state index contributed by atoms with van der Waals surface area (Å²) in [6.45, 7) is 2.12. The van der Waals surface area contributed by atoms with Gasteiger partial charge in [-0.3, -0.25) is 4.79 Å². The van der Waals surface area contributed by atoms with Crippen LogP contribution in [0.5, 0.6) is 5.75 Å². The van der Waals surface area contributed by atoms with Crippen LogP contribution in [-0.4, -0.2) is 23.0 Å². The average Bonchev–Trinajstić information content (AvgIpc) is 2.50. The highest BCUT2D eigenvalue weighted by Gasteiger charge is 2.34. The molecule has 130 valence electrons. The third-order valence-corrected chi connectivity index (χ3v) is 3.95. The number of halogens is 3. The number of carbonyl (C=O) groups excluding carboxylic acids is 1. The first-order valence-electron chi connectivity index (χ1n) is 7.64. The van der Waals surface area contributed by atoms with E-state index in [0.717, 1.165) is 25.7 Å². The van der Waals surface area contributed by atoms with Gasteiger partial charge in [0.2, 0.25) is 9.70 Å². The Labute approximate surface area is 152 Å². The Hall–Kier alpha value is -0.840. The molecule has 2 N–H and O–H groups in total. The summed E-state index contributed by atoms with van der Waals surface area (Å²) in [5.74, 6) is 0.448. The van der Waals surface area contributed by atoms with Crippen molar-refractivity contribution in [2.75, 3.05) is 12.4 Å². The maximum Gasteiger partial charge on any atom is 0.228 e. The normalized spacial score (nSPS) is 12.6. The zero-order chi connectivity index (χ0) is 17.3. The second-order valence-corrected chi connectivity index (χ2v) is 7.57. The molecule has 1 rings (SSSR count). The van der Waals surface area contributed by atoms with Gasteiger partial charge < -0.3 is 15.4 Å². The van der Waals surface area contributed by atoms with Crippen molar-refractivity contribution in [1.29, 1.82) is 0 Å². The van der Waals surface area contributed by atoms with Gasteiger partial charge in [0.1, 0.15) is 11.9 Å². The van der Waals surface area contributed by atoms with Crippen molar-refractivity contribution < 1.29 is 9.53 Å². The van der Waals surface area contributed by atoms with E-state index in [2.05, 4.69) is 17.6 Å². The van der Waals surface area contributed by atoms with Crippen molar-refractivity contribution in [3.8, 4) is 5.75 Å². The molecule has 0 aliphatic rings. The van der Waals surface area contributed by atoms with Crippen molar-refractivity contribution in [3.63, 3.8) is 0 Å². The Morgan fingerprint density at radius 2 is 1.91 bits per heavy atom. The van der Waals surface area contributed by atoms with Gasteiger partial charge in [-0.25, -0.2) is 0 Å². The van der Waals surface area contributed by atoms with E-state index in [1.54, 1.807) is 19.2 Å². The number of methoxy groups -OCH3 is 1. The summed E-state index contributed by atoms with van der Waals surface area (Å²) in [4.78, 5) is 12.0. The molecule has 0 unspecified atom stereocenters. The lowest BCUT2D eigenvalue weighted by Crippen LogP contribution is -2.49. The first-order valence-corrected chi connectivity index (χ1v) is 8.77. The molecule has 0 aromatic heterocycles. The largest absolute Gasteiger partial charge is 0.495 e. The number of carbonyl (C=O) groups is 1. The first kappa shape index (κ1) is 20.2. The smallest absolute Gasteiger partial charge is 0.228 e. The van der Waals surface area contributed by atoms with Crippen molar-refractivity contribution in [1.82, 2.24) is 5.32 Å². The second-order valence-electron chi connectivity index (χ2n) is 5.20. The number of nitrogens with one attached hydrogen (secondary N) is 2. The maximum absolute atomic E-state index is 12.0. The van der Waals surface area contributed by atoms with Gasteiger partial charge in [-0.05, 0) is 18.6 Å². The van der Waals surface area contributed by atoms with Crippen LogP contribution in [0.1, 0.15) is 39.0 Å². The van der Waals surface area contributed by atoms with Gasteiger partial charge in [0.15, 0.2) is 0 Å². The van der Waals surface area contributed by atoms with E-state index in [0.29, 0.717) is 17.9 Å². The summed E-state index contributed by atoms with van der Waals surface area (Å²) in [5.41, 5.74) is 0.637. The third-order valence-electron chi connectivity index (χ3n) is 3.30. The minimum absolute atomic E-state index is 0.153. The number of anilines is 1. The Morgan fingerprint density at radius 1 is 1.22 bits per heavy atom. The second kappa shape index (κ2) is 10.1. The molecule has 0 saturated heterocycles. The number of hydrogen-bond donors (Lipinski definition) is 2. The highest BCUT2D eigenvalue weighted by molar-refractivity contribution is 6.68. The molecule has 0 bridgehead atoms. The van der Waals surface area contributed by atoms with Crippen LogP contribution in [-0.2, 0) is 4.79 Å². The van der Waals surface area contributed by atoms with Gasteiger partial charge in [-0.1, -0.05) is 73.1 Å². The Kier molecular flexibility index (Phi) is 8.88. The summed E-state index contributed by atoms with van der Waals surface area (Å²) in [7, 11) is 1.55. The predicted octanol–water partition coefficient (Wildman–Crippen LogP) is 4.89. The fraction of sp³-hybridized carbons (Fsp3) is 0.562. The minimum atomic E-state index is -1.69. The number of para-hydroxylation sites is 2. The number of benzene rings is 1. The zero-order valence-electron chi connectivity index (χ0n) is 13.4. The molecule has 0 saturated carbocycles. The fourth-order valence-corrected chi connectivity index (χ4v) is 2.39. The van der Waals surface area contributed by atoms with E-state index in [4.69, 9.17) is 39.5 Å². The molecule has 0 fully saturated rings. The summed E-state index contributed by atoms with van der Waals surface area (Å²) in [6.07, 6.45) is 3.62. The van der Waals surface area contributed by atoms with Gasteiger partial charge in [0.25, 0.3) is 0 Å². The molecule has 0 spiro atoms. The third kappa shape index (κ3) is 7.51. The fourth-order valence-electron chi connectivity index (χ4n) is 2.06.